The van der Waals surface area contributed by atoms with Crippen molar-refractivity contribution in [3.63, 3.8) is 0 Å². The smallest absolute Gasteiger partial charge is 0.134 e. The SMILES string of the molecule is NC(N=C1C(c2ccccc2)=CC2(c3ccccc3)CN12)c1cccc(-c2ccc3c(c2)C2(C4=C3C=CCN4)c3ccccc3N(c3ccccc3)c3ccccc32)c1. The lowest BCUT2D eigenvalue weighted by molar-refractivity contribution is 0.659. The standard InChI is InChI=1S/C54H41N5/c55-51(57-52-44(36-16-4-1-5-17-36)34-53(35-58(52)53)40-20-6-2-7-21-40)39-19-14-18-37(32-39)38-29-30-42-43-24-15-31-56-50(43)54(47(42)33-38)45-25-10-12-27-48(45)59(41-22-8-3-9-23-41)49-28-13-11-26-46(49)54/h1-30,32-34,51,56H,31,35,55H2. The quantitative estimate of drug-likeness (QED) is 0.166. The molecule has 7 aromatic carbocycles. The molecule has 5 heteroatoms. The van der Waals surface area contributed by atoms with E-state index in [9.17, 15) is 0 Å². The van der Waals surface area contributed by atoms with Crippen molar-refractivity contribution >= 4 is 34.0 Å². The van der Waals surface area contributed by atoms with E-state index in [0.29, 0.717) is 0 Å². The van der Waals surface area contributed by atoms with E-state index in [2.05, 4.69) is 215 Å². The van der Waals surface area contributed by atoms with E-state index in [4.69, 9.17) is 10.7 Å². The molecule has 2 unspecified atom stereocenters. The first kappa shape index (κ1) is 33.9. The fourth-order valence-corrected chi connectivity index (χ4v) is 10.3. The van der Waals surface area contributed by atoms with E-state index >= 15 is 0 Å². The Balaban J connectivity index is 0.975. The zero-order valence-corrected chi connectivity index (χ0v) is 32.5. The van der Waals surface area contributed by atoms with Crippen molar-refractivity contribution in [3.8, 4) is 11.1 Å². The zero-order valence-electron chi connectivity index (χ0n) is 32.5. The molecule has 282 valence electrons. The number of fused-ring (bicyclic) bond motifs is 9. The molecule has 0 radical (unpaired) electrons. The molecule has 5 aliphatic rings. The van der Waals surface area contributed by atoms with Gasteiger partial charge in [-0.25, -0.2) is 4.99 Å². The Bertz CT molecular complexity index is 2900. The largest absolute Gasteiger partial charge is 0.383 e. The topological polar surface area (TPSA) is 56.7 Å². The minimum Gasteiger partial charge on any atom is -0.383 e. The van der Waals surface area contributed by atoms with Gasteiger partial charge in [-0.3, -0.25) is 0 Å². The molecule has 0 amide bonds. The molecule has 2 atom stereocenters. The number of dihydropyridines is 1. The van der Waals surface area contributed by atoms with E-state index in [1.54, 1.807) is 0 Å². The van der Waals surface area contributed by atoms with E-state index in [1.807, 2.05) is 0 Å². The number of nitrogens with one attached hydrogen (secondary N) is 1. The summed E-state index contributed by atoms with van der Waals surface area (Å²) >= 11 is 0. The summed E-state index contributed by atoms with van der Waals surface area (Å²) in [7, 11) is 0. The van der Waals surface area contributed by atoms with Crippen LogP contribution in [0.25, 0.3) is 22.3 Å². The molecule has 7 aromatic rings. The van der Waals surface area contributed by atoms with E-state index in [1.165, 1.54) is 50.5 Å². The second kappa shape index (κ2) is 12.9. The normalized spacial score (nSPS) is 20.0. The van der Waals surface area contributed by atoms with Crippen molar-refractivity contribution < 1.29 is 0 Å². The van der Waals surface area contributed by atoms with Crippen molar-refractivity contribution in [2.24, 2.45) is 10.7 Å². The van der Waals surface area contributed by atoms with Crippen molar-refractivity contribution in [1.82, 2.24) is 10.2 Å². The molecular weight excluding hydrogens is 719 g/mol. The number of anilines is 3. The first-order chi connectivity index (χ1) is 29.1. The molecule has 0 bridgehead atoms. The van der Waals surface area contributed by atoms with Gasteiger partial charge < -0.3 is 20.9 Å². The fraction of sp³-hybridized carbons (Fsp3) is 0.0926. The summed E-state index contributed by atoms with van der Waals surface area (Å²) in [6.07, 6.45) is 6.40. The lowest BCUT2D eigenvalue weighted by Crippen LogP contribution is -2.41. The average Bonchev–Trinajstić information content (AvgIpc) is 3.86. The van der Waals surface area contributed by atoms with Crippen LogP contribution in [-0.4, -0.2) is 23.8 Å². The van der Waals surface area contributed by atoms with Crippen molar-refractivity contribution in [2.75, 3.05) is 18.0 Å². The third-order valence-corrected chi connectivity index (χ3v) is 13.0. The molecule has 5 nitrogen and oxygen atoms in total. The average molecular weight is 760 g/mol. The Hall–Kier alpha value is -7.21. The lowest BCUT2D eigenvalue weighted by atomic mass is 9.65. The van der Waals surface area contributed by atoms with Gasteiger partial charge in [-0.1, -0.05) is 158 Å². The van der Waals surface area contributed by atoms with Gasteiger partial charge >= 0.3 is 0 Å². The number of rotatable bonds is 6. The van der Waals surface area contributed by atoms with Crippen LogP contribution in [0.15, 0.2) is 211 Å². The predicted molar refractivity (Wildman–Crippen MR) is 241 cm³/mol. The first-order valence-corrected chi connectivity index (χ1v) is 20.5. The predicted octanol–water partition coefficient (Wildman–Crippen LogP) is 11.0. The second-order valence-corrected chi connectivity index (χ2v) is 16.1. The van der Waals surface area contributed by atoms with Crippen LogP contribution >= 0.6 is 0 Å². The Morgan fingerprint density at radius 1 is 0.610 bits per heavy atom. The van der Waals surface area contributed by atoms with Crippen LogP contribution in [0.4, 0.5) is 17.1 Å². The van der Waals surface area contributed by atoms with Gasteiger partial charge in [0.25, 0.3) is 0 Å². The number of benzene rings is 7. The summed E-state index contributed by atoms with van der Waals surface area (Å²) in [6, 6.07) is 65.7. The summed E-state index contributed by atoms with van der Waals surface area (Å²) in [5, 5.41) is 3.91. The Labute approximate surface area is 344 Å². The molecule has 1 aliphatic carbocycles. The molecule has 12 rings (SSSR count). The maximum Gasteiger partial charge on any atom is 0.134 e. The maximum absolute atomic E-state index is 7.10. The van der Waals surface area contributed by atoms with E-state index < -0.39 is 11.6 Å². The molecule has 59 heavy (non-hydrogen) atoms. The van der Waals surface area contributed by atoms with Gasteiger partial charge in [-0.15, -0.1) is 0 Å². The van der Waals surface area contributed by atoms with E-state index in [-0.39, 0.29) is 5.54 Å². The number of hydrogen-bond donors (Lipinski definition) is 2. The zero-order chi connectivity index (χ0) is 39.1. The summed E-state index contributed by atoms with van der Waals surface area (Å²) in [5.41, 5.74) is 24.3. The third-order valence-electron chi connectivity index (χ3n) is 13.0. The highest BCUT2D eigenvalue weighted by Gasteiger charge is 2.59. The van der Waals surface area contributed by atoms with Gasteiger partial charge in [0.1, 0.15) is 17.5 Å². The minimum absolute atomic E-state index is 0.182. The van der Waals surface area contributed by atoms with Crippen LogP contribution in [0.1, 0.15) is 45.1 Å². The molecule has 0 saturated carbocycles. The van der Waals surface area contributed by atoms with Gasteiger partial charge in [-0.05, 0) is 92.5 Å². The molecule has 4 heterocycles. The Morgan fingerprint density at radius 2 is 1.25 bits per heavy atom. The molecule has 1 spiro atoms. The number of nitrogens with zero attached hydrogens (tertiary/aromatic N) is 3. The summed E-state index contributed by atoms with van der Waals surface area (Å²) in [6.45, 7) is 1.68. The van der Waals surface area contributed by atoms with Gasteiger partial charge in [0, 0.05) is 29.1 Å². The summed E-state index contributed by atoms with van der Waals surface area (Å²) < 4.78 is 0. The molecule has 4 aliphatic heterocycles. The molecule has 1 fully saturated rings. The Morgan fingerprint density at radius 3 is 2.00 bits per heavy atom. The monoisotopic (exact) mass is 759 g/mol. The van der Waals surface area contributed by atoms with Gasteiger partial charge in [0.2, 0.25) is 0 Å². The number of para-hydroxylation sites is 3. The van der Waals surface area contributed by atoms with Crippen LogP contribution in [0.3, 0.4) is 0 Å². The summed E-state index contributed by atoms with van der Waals surface area (Å²) in [5.74, 6) is 0.953. The van der Waals surface area contributed by atoms with Crippen LogP contribution in [0, 0.1) is 0 Å². The van der Waals surface area contributed by atoms with Gasteiger partial charge in [0.15, 0.2) is 0 Å². The molecule has 0 aromatic heterocycles. The first-order valence-electron chi connectivity index (χ1n) is 20.5. The van der Waals surface area contributed by atoms with Crippen molar-refractivity contribution in [3.05, 3.63) is 245 Å². The number of hydrogen-bond acceptors (Lipinski definition) is 4. The van der Waals surface area contributed by atoms with Crippen molar-refractivity contribution in [2.45, 2.75) is 17.1 Å². The summed E-state index contributed by atoms with van der Waals surface area (Å²) in [4.78, 5) is 10.1. The highest BCUT2D eigenvalue weighted by molar-refractivity contribution is 6.27. The van der Waals surface area contributed by atoms with Crippen LogP contribution < -0.4 is 16.0 Å². The minimum atomic E-state index is -0.547. The highest BCUT2D eigenvalue weighted by Crippen LogP contribution is 2.62. The third kappa shape index (κ3) is 4.92. The van der Waals surface area contributed by atoms with Gasteiger partial charge in [-0.2, -0.15) is 0 Å². The lowest BCUT2D eigenvalue weighted by Gasteiger charge is -2.46. The molecule has 3 N–H and O–H groups in total. The van der Waals surface area contributed by atoms with Crippen LogP contribution in [0.2, 0.25) is 0 Å². The van der Waals surface area contributed by atoms with Crippen molar-refractivity contribution in [1.29, 1.82) is 0 Å². The van der Waals surface area contributed by atoms with Gasteiger partial charge in [0.05, 0.1) is 23.3 Å². The highest BCUT2D eigenvalue weighted by atomic mass is 15.4. The maximum atomic E-state index is 7.10. The number of nitrogens with two attached hydrogens (primary N) is 1. The molecular formula is C54H41N5. The Kier molecular flexibility index (Phi) is 7.41. The second-order valence-electron chi connectivity index (χ2n) is 16.1. The number of allylic oxidation sites excluding steroid dienone is 3. The fourth-order valence-electron chi connectivity index (χ4n) is 10.3. The number of aliphatic imine (C=N–C) groups is 1. The van der Waals surface area contributed by atoms with Crippen LogP contribution in [0.5, 0.6) is 0 Å². The van der Waals surface area contributed by atoms with Crippen LogP contribution in [-0.2, 0) is 11.0 Å². The molecule has 1 saturated heterocycles. The number of amidine groups is 1. The van der Waals surface area contributed by atoms with E-state index in [0.717, 1.165) is 52.4 Å².